The quantitative estimate of drug-likeness (QED) is 0.0248. The van der Waals surface area contributed by atoms with Gasteiger partial charge in [-0.15, -0.1) is 0 Å². The van der Waals surface area contributed by atoms with E-state index in [1.54, 1.807) is 0 Å². The van der Waals surface area contributed by atoms with Gasteiger partial charge in [0, 0.05) is 6.42 Å². The summed E-state index contributed by atoms with van der Waals surface area (Å²) in [5.41, 5.74) is 0. The van der Waals surface area contributed by atoms with E-state index in [2.05, 4.69) is 62.5 Å². The minimum absolute atomic E-state index is 0.0631. The van der Waals surface area contributed by atoms with Crippen molar-refractivity contribution in [2.24, 2.45) is 0 Å². The molecule has 3 unspecified atom stereocenters. The highest BCUT2D eigenvalue weighted by Gasteiger charge is 2.24. The zero-order valence-electron chi connectivity index (χ0n) is 36.6. The van der Waals surface area contributed by atoms with Crippen molar-refractivity contribution in [1.82, 2.24) is 5.32 Å². The molecule has 0 radical (unpaired) electrons. The molecule has 0 saturated carbocycles. The van der Waals surface area contributed by atoms with E-state index < -0.39 is 18.2 Å². The van der Waals surface area contributed by atoms with Crippen LogP contribution in [0, 0.1) is 0 Å². The van der Waals surface area contributed by atoms with Crippen LogP contribution in [0.15, 0.2) is 36.5 Å². The largest absolute Gasteiger partial charge is 0.462 e. The standard InChI is InChI=1S/C49H91NO5/c1-4-7-10-13-16-19-21-23-24-25-27-30-33-36-39-42-49(54)55-45(40-37-34-31-28-18-15-12-9-6-3)43-48(53)50-46(44-51)47(52)41-38-35-32-29-26-22-20-17-14-11-8-5-2/h15-16,18-19,21,23,45-47,51-52H,4-14,17,20,22,24-44H2,1-3H3,(H,50,53)/b18-15-,19-16+,23-21+. The van der Waals surface area contributed by atoms with E-state index in [-0.39, 0.29) is 24.9 Å². The molecule has 0 aliphatic heterocycles. The van der Waals surface area contributed by atoms with Gasteiger partial charge < -0.3 is 20.3 Å². The van der Waals surface area contributed by atoms with Gasteiger partial charge in [-0.05, 0) is 70.6 Å². The summed E-state index contributed by atoms with van der Waals surface area (Å²) in [5.74, 6) is -0.502. The second-order valence-electron chi connectivity index (χ2n) is 16.2. The van der Waals surface area contributed by atoms with Crippen molar-refractivity contribution in [2.75, 3.05) is 6.61 Å². The van der Waals surface area contributed by atoms with E-state index in [1.807, 2.05) is 0 Å². The predicted molar refractivity (Wildman–Crippen MR) is 236 cm³/mol. The Hall–Kier alpha value is -1.92. The lowest BCUT2D eigenvalue weighted by Crippen LogP contribution is -2.46. The first-order valence-corrected chi connectivity index (χ1v) is 23.7. The maximum Gasteiger partial charge on any atom is 0.306 e. The Morgan fingerprint density at radius 1 is 0.527 bits per heavy atom. The topological polar surface area (TPSA) is 95.9 Å². The molecule has 3 atom stereocenters. The second-order valence-corrected chi connectivity index (χ2v) is 16.2. The highest BCUT2D eigenvalue weighted by atomic mass is 16.5. The van der Waals surface area contributed by atoms with Crippen LogP contribution in [0.3, 0.4) is 0 Å². The fourth-order valence-corrected chi connectivity index (χ4v) is 7.05. The Kier molecular flexibility index (Phi) is 41.7. The van der Waals surface area contributed by atoms with E-state index in [0.717, 1.165) is 77.0 Å². The smallest absolute Gasteiger partial charge is 0.306 e. The monoisotopic (exact) mass is 774 g/mol. The fourth-order valence-electron chi connectivity index (χ4n) is 7.05. The summed E-state index contributed by atoms with van der Waals surface area (Å²) in [6.45, 7) is 6.39. The summed E-state index contributed by atoms with van der Waals surface area (Å²) >= 11 is 0. The molecular formula is C49H91NO5. The highest BCUT2D eigenvalue weighted by Crippen LogP contribution is 2.17. The van der Waals surface area contributed by atoms with Gasteiger partial charge in [-0.1, -0.05) is 192 Å². The van der Waals surface area contributed by atoms with Gasteiger partial charge in [0.25, 0.3) is 0 Å². The van der Waals surface area contributed by atoms with Gasteiger partial charge >= 0.3 is 5.97 Å². The van der Waals surface area contributed by atoms with Crippen molar-refractivity contribution in [2.45, 2.75) is 257 Å². The summed E-state index contributed by atoms with van der Waals surface area (Å²) in [6.07, 6.45) is 49.2. The molecule has 322 valence electrons. The van der Waals surface area contributed by atoms with Gasteiger partial charge in [0.15, 0.2) is 0 Å². The van der Waals surface area contributed by atoms with Crippen LogP contribution in [0.4, 0.5) is 0 Å². The normalized spacial score (nSPS) is 13.6. The van der Waals surface area contributed by atoms with Gasteiger partial charge in [0.2, 0.25) is 5.91 Å². The molecule has 0 fully saturated rings. The van der Waals surface area contributed by atoms with Crippen LogP contribution in [-0.4, -0.2) is 46.9 Å². The van der Waals surface area contributed by atoms with Crippen molar-refractivity contribution in [3.63, 3.8) is 0 Å². The van der Waals surface area contributed by atoms with E-state index in [4.69, 9.17) is 4.74 Å². The fraction of sp³-hybridized carbons (Fsp3) is 0.837. The molecule has 6 heteroatoms. The van der Waals surface area contributed by atoms with Crippen molar-refractivity contribution in [1.29, 1.82) is 0 Å². The maximum atomic E-state index is 13.1. The number of rotatable bonds is 42. The number of hydrogen-bond acceptors (Lipinski definition) is 5. The summed E-state index contributed by atoms with van der Waals surface area (Å²) in [7, 11) is 0. The van der Waals surface area contributed by atoms with Gasteiger partial charge in [-0.3, -0.25) is 9.59 Å². The van der Waals surface area contributed by atoms with Crippen molar-refractivity contribution in [3.8, 4) is 0 Å². The van der Waals surface area contributed by atoms with Gasteiger partial charge in [0.1, 0.15) is 6.10 Å². The SMILES string of the molecule is CCCC/C=C\CCCCCC(CC(=O)NC(CO)C(O)CCCCCCCCCCCCCC)OC(=O)CCCCCCCC/C=C/C=C/CCCCC. The number of amides is 1. The Morgan fingerprint density at radius 3 is 1.51 bits per heavy atom. The average molecular weight is 774 g/mol. The molecule has 1 amide bonds. The first kappa shape index (κ1) is 53.1. The van der Waals surface area contributed by atoms with E-state index in [0.29, 0.717) is 19.3 Å². The molecule has 6 nitrogen and oxygen atoms in total. The molecule has 0 spiro atoms. The number of esters is 1. The lowest BCUT2D eigenvalue weighted by atomic mass is 10.0. The first-order valence-electron chi connectivity index (χ1n) is 23.7. The minimum atomic E-state index is -0.790. The summed E-state index contributed by atoms with van der Waals surface area (Å²) in [5, 5.41) is 23.6. The second kappa shape index (κ2) is 43.2. The molecular weight excluding hydrogens is 683 g/mol. The number of hydrogen-bond donors (Lipinski definition) is 3. The minimum Gasteiger partial charge on any atom is -0.462 e. The summed E-state index contributed by atoms with van der Waals surface area (Å²) in [6, 6.07) is -0.704. The zero-order chi connectivity index (χ0) is 40.3. The van der Waals surface area contributed by atoms with Crippen molar-refractivity contribution >= 4 is 11.9 Å². The van der Waals surface area contributed by atoms with Crippen LogP contribution in [0.2, 0.25) is 0 Å². The Balaban J connectivity index is 4.53. The summed E-state index contributed by atoms with van der Waals surface area (Å²) in [4.78, 5) is 26.0. The third kappa shape index (κ3) is 38.7. The number of allylic oxidation sites excluding steroid dienone is 6. The van der Waals surface area contributed by atoms with E-state index >= 15 is 0 Å². The molecule has 0 aromatic carbocycles. The lowest BCUT2D eigenvalue weighted by molar-refractivity contribution is -0.151. The molecule has 0 saturated heterocycles. The van der Waals surface area contributed by atoms with Crippen LogP contribution in [0.1, 0.15) is 239 Å². The molecule has 0 bridgehead atoms. The average Bonchev–Trinajstić information content (AvgIpc) is 3.18. The van der Waals surface area contributed by atoms with Crippen molar-refractivity contribution in [3.05, 3.63) is 36.5 Å². The van der Waals surface area contributed by atoms with Gasteiger partial charge in [-0.25, -0.2) is 0 Å². The molecule has 55 heavy (non-hydrogen) atoms. The Bertz CT molecular complexity index is 915. The van der Waals surface area contributed by atoms with Crippen LogP contribution in [0.5, 0.6) is 0 Å². The number of aliphatic hydroxyl groups excluding tert-OH is 2. The van der Waals surface area contributed by atoms with Gasteiger partial charge in [0.05, 0.1) is 25.2 Å². The van der Waals surface area contributed by atoms with Crippen molar-refractivity contribution < 1.29 is 24.5 Å². The molecule has 0 aromatic rings. The highest BCUT2D eigenvalue weighted by molar-refractivity contribution is 5.77. The van der Waals surface area contributed by atoms with Crippen LogP contribution in [0.25, 0.3) is 0 Å². The molecule has 0 aromatic heterocycles. The summed E-state index contributed by atoms with van der Waals surface area (Å²) < 4.78 is 5.88. The molecule has 0 rings (SSSR count). The van der Waals surface area contributed by atoms with Crippen LogP contribution < -0.4 is 5.32 Å². The molecule has 0 aliphatic rings. The van der Waals surface area contributed by atoms with Crippen LogP contribution >= 0.6 is 0 Å². The van der Waals surface area contributed by atoms with Gasteiger partial charge in [-0.2, -0.15) is 0 Å². The Labute approximate surface area is 341 Å². The van der Waals surface area contributed by atoms with E-state index in [9.17, 15) is 19.8 Å². The third-order valence-corrected chi connectivity index (χ3v) is 10.7. The Morgan fingerprint density at radius 2 is 0.945 bits per heavy atom. The third-order valence-electron chi connectivity index (χ3n) is 10.7. The number of aliphatic hydroxyl groups is 2. The van der Waals surface area contributed by atoms with Crippen LogP contribution in [-0.2, 0) is 14.3 Å². The maximum absolute atomic E-state index is 13.1. The number of ether oxygens (including phenoxy) is 1. The predicted octanol–water partition coefficient (Wildman–Crippen LogP) is 13.7. The number of unbranched alkanes of at least 4 members (excludes halogenated alkanes) is 25. The molecule has 3 N–H and O–H groups in total. The zero-order valence-corrected chi connectivity index (χ0v) is 36.6. The van der Waals surface area contributed by atoms with E-state index in [1.165, 1.54) is 116 Å². The number of carbonyl (C=O) groups is 2. The molecule has 0 aliphatic carbocycles. The molecule has 0 heterocycles. The number of carbonyl (C=O) groups excluding carboxylic acids is 2. The first-order chi connectivity index (χ1) is 27.0. The number of nitrogens with one attached hydrogen (secondary N) is 1. The lowest BCUT2D eigenvalue weighted by Gasteiger charge is -2.24.